The number of carbonyl (C=O) groups is 4. The van der Waals surface area contributed by atoms with Crippen molar-refractivity contribution in [3.05, 3.63) is 102 Å². The first kappa shape index (κ1) is 21.0. The Hall–Kier alpha value is -4.36. The highest BCUT2D eigenvalue weighted by Crippen LogP contribution is 2.50. The van der Waals surface area contributed by atoms with Crippen molar-refractivity contribution in [2.75, 3.05) is 4.90 Å². The lowest BCUT2D eigenvalue weighted by atomic mass is 9.76. The molecule has 3 aromatic carbocycles. The third-order valence-corrected chi connectivity index (χ3v) is 7.93. The van der Waals surface area contributed by atoms with Gasteiger partial charge < -0.3 is 4.98 Å². The molecule has 3 aliphatic rings. The van der Waals surface area contributed by atoms with E-state index in [1.54, 1.807) is 54.6 Å². The molecule has 0 saturated carbocycles. The minimum atomic E-state index is -1.79. The van der Waals surface area contributed by atoms with Crippen molar-refractivity contribution in [2.24, 2.45) is 11.8 Å². The Morgan fingerprint density at radius 1 is 0.750 bits per heavy atom. The summed E-state index contributed by atoms with van der Waals surface area (Å²) in [6, 6.07) is 22.6. The minimum Gasteiger partial charge on any atom is -0.361 e. The molecule has 1 aromatic heterocycles. The number of nitrogens with one attached hydrogen (secondary N) is 2. The summed E-state index contributed by atoms with van der Waals surface area (Å²) < 4.78 is 0. The van der Waals surface area contributed by atoms with E-state index < -0.39 is 40.9 Å². The summed E-state index contributed by atoms with van der Waals surface area (Å²) in [5.74, 6) is -3.74. The van der Waals surface area contributed by atoms with Crippen molar-refractivity contribution in [1.29, 1.82) is 0 Å². The molecule has 0 bridgehead atoms. The maximum Gasteiger partial charge on any atom is 0.240 e. The number of hydrogen-bond acceptors (Lipinski definition) is 5. The Labute approximate surface area is 206 Å². The number of Topliss-reactive ketones (excluding diaryl/α,β-unsaturated/α-hetero) is 2. The summed E-state index contributed by atoms with van der Waals surface area (Å²) >= 11 is 0. The van der Waals surface area contributed by atoms with Gasteiger partial charge in [-0.2, -0.15) is 0 Å². The van der Waals surface area contributed by atoms with Crippen LogP contribution in [0.1, 0.15) is 26.3 Å². The molecule has 2 amide bonds. The number of ketones is 2. The standard InChI is InChI=1S/C29H21N3O4/c33-25-19-11-4-5-12-20(19)26(34)29(25)24-23(27(35)32(28(24)36)17-8-2-1-3-9-17)22(31-29)14-16-15-30-21-13-7-6-10-18(16)21/h1-13,15,22-24,30-31H,14H2/t22-,23+,24-/m0/s1. The number of nitrogens with zero attached hydrogens (tertiary/aromatic N) is 1. The van der Waals surface area contributed by atoms with Gasteiger partial charge in [0.25, 0.3) is 0 Å². The monoisotopic (exact) mass is 475 g/mol. The van der Waals surface area contributed by atoms with Gasteiger partial charge in [0, 0.05) is 34.3 Å². The number of hydrogen-bond donors (Lipinski definition) is 2. The molecule has 1 aliphatic carbocycles. The lowest BCUT2D eigenvalue weighted by Gasteiger charge is -2.28. The predicted molar refractivity (Wildman–Crippen MR) is 133 cm³/mol. The van der Waals surface area contributed by atoms with Crippen LogP contribution in [0.5, 0.6) is 0 Å². The number of aromatic nitrogens is 1. The number of carbonyl (C=O) groups excluding carboxylic acids is 4. The highest BCUT2D eigenvalue weighted by atomic mass is 16.2. The first-order valence-electron chi connectivity index (χ1n) is 12.0. The van der Waals surface area contributed by atoms with Crippen molar-refractivity contribution in [3.63, 3.8) is 0 Å². The van der Waals surface area contributed by atoms with Gasteiger partial charge >= 0.3 is 0 Å². The number of para-hydroxylation sites is 2. The molecular formula is C29H21N3O4. The molecule has 2 saturated heterocycles. The summed E-state index contributed by atoms with van der Waals surface area (Å²) in [7, 11) is 0. The topological polar surface area (TPSA) is 99.3 Å². The second-order valence-corrected chi connectivity index (χ2v) is 9.68. The van der Waals surface area contributed by atoms with Crippen molar-refractivity contribution in [3.8, 4) is 0 Å². The minimum absolute atomic E-state index is 0.292. The molecule has 2 fully saturated rings. The van der Waals surface area contributed by atoms with E-state index in [1.807, 2.05) is 30.5 Å². The normalized spacial score (nSPS) is 24.2. The molecular weight excluding hydrogens is 454 g/mol. The Kier molecular flexibility index (Phi) is 4.26. The van der Waals surface area contributed by atoms with Gasteiger partial charge in [0.2, 0.25) is 11.8 Å². The van der Waals surface area contributed by atoms with Crippen molar-refractivity contribution < 1.29 is 19.2 Å². The summed E-state index contributed by atoms with van der Waals surface area (Å²) in [4.78, 5) is 59.9. The third-order valence-electron chi connectivity index (χ3n) is 7.93. The van der Waals surface area contributed by atoms with Crippen LogP contribution >= 0.6 is 0 Å². The fraction of sp³-hybridized carbons (Fsp3) is 0.172. The van der Waals surface area contributed by atoms with Crippen molar-refractivity contribution in [1.82, 2.24) is 10.3 Å². The molecule has 4 aromatic rings. The molecule has 2 aliphatic heterocycles. The Morgan fingerprint density at radius 3 is 2.11 bits per heavy atom. The first-order chi connectivity index (χ1) is 17.5. The van der Waals surface area contributed by atoms with Gasteiger partial charge in [-0.15, -0.1) is 0 Å². The third kappa shape index (κ3) is 2.55. The van der Waals surface area contributed by atoms with Crippen LogP contribution in [0, 0.1) is 11.8 Å². The van der Waals surface area contributed by atoms with Crippen LogP contribution in [-0.4, -0.2) is 39.9 Å². The largest absolute Gasteiger partial charge is 0.361 e. The smallest absolute Gasteiger partial charge is 0.240 e. The molecule has 3 atom stereocenters. The Morgan fingerprint density at radius 2 is 1.39 bits per heavy atom. The molecule has 1 spiro atoms. The van der Waals surface area contributed by atoms with Gasteiger partial charge in [-0.25, -0.2) is 4.90 Å². The fourth-order valence-electron chi connectivity index (χ4n) is 6.39. The number of benzene rings is 3. The summed E-state index contributed by atoms with van der Waals surface area (Å²) in [6.07, 6.45) is 2.26. The summed E-state index contributed by atoms with van der Waals surface area (Å²) in [6.45, 7) is 0. The number of aromatic amines is 1. The molecule has 36 heavy (non-hydrogen) atoms. The predicted octanol–water partition coefficient (Wildman–Crippen LogP) is 3.31. The van der Waals surface area contributed by atoms with E-state index in [0.29, 0.717) is 23.2 Å². The van der Waals surface area contributed by atoms with Gasteiger partial charge in [0.15, 0.2) is 17.1 Å². The van der Waals surface area contributed by atoms with Gasteiger partial charge in [-0.3, -0.25) is 24.5 Å². The zero-order chi connectivity index (χ0) is 24.6. The molecule has 7 nitrogen and oxygen atoms in total. The van der Waals surface area contributed by atoms with Crippen LogP contribution < -0.4 is 10.2 Å². The number of imide groups is 1. The number of fused-ring (bicyclic) bond motifs is 4. The second-order valence-electron chi connectivity index (χ2n) is 9.68. The highest BCUT2D eigenvalue weighted by molar-refractivity contribution is 6.37. The van der Waals surface area contributed by atoms with E-state index in [4.69, 9.17) is 0 Å². The summed E-state index contributed by atoms with van der Waals surface area (Å²) in [5.41, 5.74) is 1.14. The van der Waals surface area contributed by atoms with Crippen LogP contribution in [0.3, 0.4) is 0 Å². The summed E-state index contributed by atoms with van der Waals surface area (Å²) in [5, 5.41) is 4.27. The zero-order valence-corrected chi connectivity index (χ0v) is 19.1. The van der Waals surface area contributed by atoms with Crippen LogP contribution in [0.15, 0.2) is 85.1 Å². The number of rotatable bonds is 3. The van der Waals surface area contributed by atoms with E-state index in [0.717, 1.165) is 21.4 Å². The average molecular weight is 476 g/mol. The van der Waals surface area contributed by atoms with Crippen LogP contribution in [0.4, 0.5) is 5.69 Å². The Balaban J connectivity index is 1.38. The van der Waals surface area contributed by atoms with E-state index >= 15 is 0 Å². The van der Waals surface area contributed by atoms with Gasteiger partial charge in [0.1, 0.15) is 0 Å². The molecule has 7 heteroatoms. The molecule has 7 rings (SSSR count). The number of H-pyrrole nitrogens is 1. The second kappa shape index (κ2) is 7.32. The highest BCUT2D eigenvalue weighted by Gasteiger charge is 2.73. The van der Waals surface area contributed by atoms with E-state index in [1.165, 1.54) is 0 Å². The van der Waals surface area contributed by atoms with Gasteiger partial charge in [0.05, 0.1) is 17.5 Å². The van der Waals surface area contributed by atoms with Gasteiger partial charge in [-0.05, 0) is 30.2 Å². The average Bonchev–Trinajstić information content (AvgIpc) is 3.60. The molecule has 0 radical (unpaired) electrons. The van der Waals surface area contributed by atoms with Crippen molar-refractivity contribution >= 4 is 40.0 Å². The lowest BCUT2D eigenvalue weighted by molar-refractivity contribution is -0.123. The van der Waals surface area contributed by atoms with Crippen molar-refractivity contribution in [2.45, 2.75) is 18.0 Å². The van der Waals surface area contributed by atoms with Gasteiger partial charge in [-0.1, -0.05) is 60.7 Å². The van der Waals surface area contributed by atoms with Crippen LogP contribution in [-0.2, 0) is 16.0 Å². The quantitative estimate of drug-likeness (QED) is 0.350. The number of anilines is 1. The molecule has 3 heterocycles. The zero-order valence-electron chi connectivity index (χ0n) is 19.1. The Bertz CT molecular complexity index is 1570. The molecule has 176 valence electrons. The van der Waals surface area contributed by atoms with E-state index in [2.05, 4.69) is 10.3 Å². The van der Waals surface area contributed by atoms with Crippen LogP contribution in [0.2, 0.25) is 0 Å². The molecule has 0 unspecified atom stereocenters. The SMILES string of the molecule is O=C1[C@@H]2[C@H](Cc3c[nH]c4ccccc34)NC3(C(=O)c4ccccc4C3=O)[C@@H]2C(=O)N1c1ccccc1. The van der Waals surface area contributed by atoms with Crippen LogP contribution in [0.25, 0.3) is 10.9 Å². The number of amides is 2. The van der Waals surface area contributed by atoms with E-state index in [9.17, 15) is 19.2 Å². The van der Waals surface area contributed by atoms with E-state index in [-0.39, 0.29) is 5.91 Å². The lowest BCUT2D eigenvalue weighted by Crippen LogP contribution is -2.59. The fourth-order valence-corrected chi connectivity index (χ4v) is 6.39. The first-order valence-corrected chi connectivity index (χ1v) is 12.0. The maximum atomic E-state index is 13.9. The maximum absolute atomic E-state index is 13.9. The molecule has 2 N–H and O–H groups in total.